The lowest BCUT2D eigenvalue weighted by molar-refractivity contribution is 0.917. The van der Waals surface area contributed by atoms with Gasteiger partial charge in [-0.25, -0.2) is 0 Å². The molecule has 0 saturated heterocycles. The van der Waals surface area contributed by atoms with E-state index >= 15 is 0 Å². The Morgan fingerprint density at radius 2 is 1.04 bits per heavy atom. The van der Waals surface area contributed by atoms with Crippen LogP contribution >= 0.6 is 0 Å². The number of aryl methyl sites for hydroxylation is 4. The molecule has 0 N–H and O–H groups in total. The van der Waals surface area contributed by atoms with E-state index in [0.717, 1.165) is 18.5 Å². The number of anilines is 5. The number of nitrogens with zero attached hydrogens (tertiary/aromatic N) is 2. The second-order valence-electron chi connectivity index (χ2n) is 12.8. The minimum Gasteiger partial charge on any atom is -0.313 e. The van der Waals surface area contributed by atoms with Crippen LogP contribution in [0.15, 0.2) is 139 Å². The quantitative estimate of drug-likeness (QED) is 0.177. The Bertz CT molecular complexity index is 2310. The maximum atomic E-state index is 2.52. The van der Waals surface area contributed by atoms with Gasteiger partial charge in [0.25, 0.3) is 0 Å². The molecule has 0 aliphatic heterocycles. The summed E-state index contributed by atoms with van der Waals surface area (Å²) < 4.78 is 0. The van der Waals surface area contributed by atoms with Gasteiger partial charge in [0.2, 0.25) is 0 Å². The number of para-hydroxylation sites is 1. The third-order valence-corrected chi connectivity index (χ3v) is 9.60. The zero-order valence-corrected chi connectivity index (χ0v) is 27.0. The predicted octanol–water partition coefficient (Wildman–Crippen LogP) is 12.7. The van der Waals surface area contributed by atoms with Crippen molar-refractivity contribution in [3.63, 3.8) is 0 Å². The van der Waals surface area contributed by atoms with Gasteiger partial charge in [0, 0.05) is 33.5 Å². The van der Waals surface area contributed by atoms with Gasteiger partial charge >= 0.3 is 0 Å². The van der Waals surface area contributed by atoms with Crippen molar-refractivity contribution in [2.24, 2.45) is 0 Å². The van der Waals surface area contributed by atoms with E-state index < -0.39 is 0 Å². The molecule has 1 aliphatic carbocycles. The highest BCUT2D eigenvalue weighted by Crippen LogP contribution is 2.47. The Morgan fingerprint density at radius 1 is 0.500 bits per heavy atom. The van der Waals surface area contributed by atoms with Crippen molar-refractivity contribution in [3.8, 4) is 0 Å². The van der Waals surface area contributed by atoms with Crippen LogP contribution in [-0.2, 0) is 0 Å². The van der Waals surface area contributed by atoms with Gasteiger partial charge in [0.15, 0.2) is 0 Å². The summed E-state index contributed by atoms with van der Waals surface area (Å²) in [6, 6.07) is 42.9. The van der Waals surface area contributed by atoms with Crippen molar-refractivity contribution in [1.29, 1.82) is 0 Å². The fraction of sp³-hybridized carbons (Fsp3) is 0.136. The van der Waals surface area contributed by atoms with Crippen LogP contribution < -0.4 is 9.80 Å². The first-order valence-electron chi connectivity index (χ1n) is 16.3. The summed E-state index contributed by atoms with van der Waals surface area (Å²) in [6.45, 7) is 8.81. The third kappa shape index (κ3) is 4.64. The molecular formula is C44H38N2. The smallest absolute Gasteiger partial charge is 0.0540 e. The van der Waals surface area contributed by atoms with Gasteiger partial charge in [-0.05, 0) is 127 Å². The van der Waals surface area contributed by atoms with Crippen LogP contribution in [0.2, 0.25) is 0 Å². The summed E-state index contributed by atoms with van der Waals surface area (Å²) in [6.07, 6.45) is 8.84. The molecule has 0 heterocycles. The third-order valence-electron chi connectivity index (χ3n) is 9.60. The summed E-state index contributed by atoms with van der Waals surface area (Å²) in [5.74, 6) is 0. The first-order valence-corrected chi connectivity index (χ1v) is 16.3. The highest BCUT2D eigenvalue weighted by molar-refractivity contribution is 6.28. The first-order chi connectivity index (χ1) is 22.5. The summed E-state index contributed by atoms with van der Waals surface area (Å²) in [4.78, 5) is 4.96. The molecule has 7 aromatic rings. The Labute approximate surface area is 271 Å². The molecule has 0 radical (unpaired) electrons. The highest BCUT2D eigenvalue weighted by Gasteiger charge is 2.23. The van der Waals surface area contributed by atoms with Crippen LogP contribution in [0.25, 0.3) is 32.3 Å². The molecule has 0 unspecified atom stereocenters. The predicted molar refractivity (Wildman–Crippen MR) is 199 cm³/mol. The number of hydrogen-bond acceptors (Lipinski definition) is 2. The number of hydrogen-bond donors (Lipinski definition) is 0. The van der Waals surface area contributed by atoms with Gasteiger partial charge in [-0.1, -0.05) is 91.0 Å². The Kier molecular flexibility index (Phi) is 6.87. The van der Waals surface area contributed by atoms with Crippen LogP contribution in [0.3, 0.4) is 0 Å². The molecule has 2 nitrogen and oxygen atoms in total. The van der Waals surface area contributed by atoms with Crippen molar-refractivity contribution < 1.29 is 0 Å². The Balaban J connectivity index is 1.42. The Morgan fingerprint density at radius 3 is 1.61 bits per heavy atom. The van der Waals surface area contributed by atoms with Crippen molar-refractivity contribution in [2.75, 3.05) is 9.80 Å². The second-order valence-corrected chi connectivity index (χ2v) is 12.8. The van der Waals surface area contributed by atoms with E-state index in [-0.39, 0.29) is 0 Å². The average Bonchev–Trinajstić information content (AvgIpc) is 3.09. The lowest BCUT2D eigenvalue weighted by Gasteiger charge is -2.32. The lowest BCUT2D eigenvalue weighted by atomic mass is 9.91. The SMILES string of the molecule is Cc1ccc(C)c(N(C2=CC=CCC2)c2ccc3ccc4c(N(c5ccccc5)c5cc(C)ccc5C)ccc5ccc2c3c54)c1. The number of benzene rings is 7. The molecule has 8 rings (SSSR count). The fourth-order valence-corrected chi connectivity index (χ4v) is 7.28. The van der Waals surface area contributed by atoms with Crippen LogP contribution in [0.5, 0.6) is 0 Å². The van der Waals surface area contributed by atoms with Crippen LogP contribution in [0.1, 0.15) is 35.1 Å². The van der Waals surface area contributed by atoms with Crippen molar-refractivity contribution >= 4 is 60.8 Å². The molecule has 2 heteroatoms. The van der Waals surface area contributed by atoms with Crippen LogP contribution in [0.4, 0.5) is 28.4 Å². The molecule has 0 fully saturated rings. The topological polar surface area (TPSA) is 6.48 Å². The minimum atomic E-state index is 1.01. The van der Waals surface area contributed by atoms with Gasteiger partial charge < -0.3 is 9.80 Å². The summed E-state index contributed by atoms with van der Waals surface area (Å²) in [5.41, 5.74) is 12.4. The minimum absolute atomic E-state index is 1.01. The second kappa shape index (κ2) is 11.2. The van der Waals surface area contributed by atoms with Gasteiger partial charge in [0.05, 0.1) is 11.4 Å². The summed E-state index contributed by atoms with van der Waals surface area (Å²) in [7, 11) is 0. The molecule has 0 bridgehead atoms. The lowest BCUT2D eigenvalue weighted by Crippen LogP contribution is -2.19. The Hall–Kier alpha value is -5.34. The normalized spacial score (nSPS) is 13.1. The fourth-order valence-electron chi connectivity index (χ4n) is 7.28. The standard InChI is InChI=1S/C44H38N2/c1-29-15-17-31(3)41(27-29)45(35-11-7-5-8-12-35)39-25-21-33-20-24-38-40(26-22-34-19-23-37(39)43(33)44(34)38)46(36-13-9-6-10-14-36)42-28-30(2)16-18-32(42)4/h5-9,11-13,15-28H,10,14H2,1-4H3. The molecule has 46 heavy (non-hydrogen) atoms. The molecule has 0 amide bonds. The van der Waals surface area contributed by atoms with Crippen molar-refractivity contribution in [2.45, 2.75) is 40.5 Å². The van der Waals surface area contributed by atoms with E-state index in [2.05, 4.69) is 171 Å². The average molecular weight is 595 g/mol. The summed E-state index contributed by atoms with van der Waals surface area (Å²) in [5, 5.41) is 7.72. The maximum absolute atomic E-state index is 2.52. The zero-order valence-electron chi connectivity index (χ0n) is 27.0. The van der Waals surface area contributed by atoms with E-state index in [1.165, 1.54) is 83.0 Å². The molecule has 224 valence electrons. The largest absolute Gasteiger partial charge is 0.313 e. The van der Waals surface area contributed by atoms with E-state index in [1.54, 1.807) is 0 Å². The van der Waals surface area contributed by atoms with Gasteiger partial charge in [-0.2, -0.15) is 0 Å². The number of allylic oxidation sites excluding steroid dienone is 4. The van der Waals surface area contributed by atoms with E-state index in [1.807, 2.05) is 0 Å². The monoisotopic (exact) mass is 594 g/mol. The molecule has 7 aromatic carbocycles. The summed E-state index contributed by atoms with van der Waals surface area (Å²) >= 11 is 0. The van der Waals surface area contributed by atoms with Crippen LogP contribution in [-0.4, -0.2) is 0 Å². The van der Waals surface area contributed by atoms with Crippen molar-refractivity contribution in [1.82, 2.24) is 0 Å². The van der Waals surface area contributed by atoms with Crippen LogP contribution in [0, 0.1) is 27.7 Å². The molecule has 1 aliphatic rings. The molecule has 0 spiro atoms. The maximum Gasteiger partial charge on any atom is 0.0540 e. The molecular weight excluding hydrogens is 556 g/mol. The first kappa shape index (κ1) is 28.2. The molecule has 0 saturated carbocycles. The van der Waals surface area contributed by atoms with E-state index in [4.69, 9.17) is 0 Å². The molecule has 0 atom stereocenters. The van der Waals surface area contributed by atoms with Gasteiger partial charge in [0.1, 0.15) is 0 Å². The van der Waals surface area contributed by atoms with Crippen molar-refractivity contribution in [3.05, 3.63) is 161 Å². The molecule has 0 aromatic heterocycles. The van der Waals surface area contributed by atoms with E-state index in [0.29, 0.717) is 0 Å². The number of rotatable bonds is 6. The highest BCUT2D eigenvalue weighted by atomic mass is 15.2. The van der Waals surface area contributed by atoms with E-state index in [9.17, 15) is 0 Å². The van der Waals surface area contributed by atoms with Gasteiger partial charge in [-0.15, -0.1) is 0 Å². The zero-order chi connectivity index (χ0) is 31.4. The van der Waals surface area contributed by atoms with Gasteiger partial charge in [-0.3, -0.25) is 0 Å².